The van der Waals surface area contributed by atoms with Crippen molar-refractivity contribution in [3.63, 3.8) is 0 Å². The van der Waals surface area contributed by atoms with Crippen LogP contribution in [0.25, 0.3) is 33.1 Å². The number of nitrogens with zero attached hydrogens (tertiary/aromatic N) is 2. The van der Waals surface area contributed by atoms with Gasteiger partial charge < -0.3 is 15.6 Å². The average Bonchev–Trinajstić information content (AvgIpc) is 3.09. The summed E-state index contributed by atoms with van der Waals surface area (Å²) in [6.07, 6.45) is 5.85. The number of pyridine rings is 1. The molecular weight excluding hydrogens is 579 g/mol. The number of amides is 1. The number of carbonyl (C=O) groups excluding carboxylic acids is 1. The quantitative estimate of drug-likeness (QED) is 0.293. The molecule has 0 spiro atoms. The summed E-state index contributed by atoms with van der Waals surface area (Å²) in [4.78, 5) is 18.4. The molecule has 0 bridgehead atoms. The van der Waals surface area contributed by atoms with Crippen molar-refractivity contribution in [3.8, 4) is 11.3 Å². The van der Waals surface area contributed by atoms with Gasteiger partial charge in [0.05, 0.1) is 16.8 Å². The number of rotatable bonds is 3. The topological polar surface area (TPSA) is 72.9 Å². The van der Waals surface area contributed by atoms with Crippen LogP contribution in [0.1, 0.15) is 36.0 Å². The maximum absolute atomic E-state index is 13.4. The van der Waals surface area contributed by atoms with E-state index in [1.807, 2.05) is 37.4 Å². The molecule has 32 heavy (non-hydrogen) atoms. The third-order valence-electron chi connectivity index (χ3n) is 6.35. The van der Waals surface area contributed by atoms with Crippen LogP contribution >= 0.6 is 38.5 Å². The lowest BCUT2D eigenvalue weighted by Gasteiger charge is -2.27. The van der Waals surface area contributed by atoms with Crippen molar-refractivity contribution in [1.82, 2.24) is 14.9 Å². The summed E-state index contributed by atoms with van der Waals surface area (Å²) in [6.45, 7) is 0. The summed E-state index contributed by atoms with van der Waals surface area (Å²) in [5.74, 6) is -0.0400. The van der Waals surface area contributed by atoms with E-state index < -0.39 is 0 Å². The van der Waals surface area contributed by atoms with Gasteiger partial charge in [-0.3, -0.25) is 4.79 Å². The molecule has 1 aliphatic carbocycles. The van der Waals surface area contributed by atoms with Crippen LogP contribution in [-0.2, 0) is 7.05 Å². The molecule has 5 rings (SSSR count). The van der Waals surface area contributed by atoms with E-state index in [2.05, 4.69) is 66.7 Å². The molecule has 1 amide bonds. The zero-order chi connectivity index (χ0) is 22.4. The van der Waals surface area contributed by atoms with Crippen LogP contribution in [-0.4, -0.2) is 27.5 Å². The molecule has 2 heterocycles. The highest BCUT2D eigenvalue weighted by atomic mass is 127. The van der Waals surface area contributed by atoms with E-state index in [4.69, 9.17) is 10.7 Å². The van der Waals surface area contributed by atoms with Crippen molar-refractivity contribution < 1.29 is 4.79 Å². The molecule has 2 aromatic carbocycles. The summed E-state index contributed by atoms with van der Waals surface area (Å²) in [7, 11) is 2.03. The van der Waals surface area contributed by atoms with Gasteiger partial charge >= 0.3 is 0 Å². The molecule has 0 unspecified atom stereocenters. The van der Waals surface area contributed by atoms with Gasteiger partial charge in [0.2, 0.25) is 0 Å². The van der Waals surface area contributed by atoms with Crippen LogP contribution < -0.4 is 11.1 Å². The molecule has 0 atom stereocenters. The highest BCUT2D eigenvalue weighted by Crippen LogP contribution is 2.34. The monoisotopic (exact) mass is 602 g/mol. The Hall–Kier alpha value is -1.97. The van der Waals surface area contributed by atoms with Gasteiger partial charge in [-0.2, -0.15) is 0 Å². The zero-order valence-corrected chi connectivity index (χ0v) is 21.5. The first kappa shape index (κ1) is 21.9. The second kappa shape index (κ2) is 8.76. The summed E-state index contributed by atoms with van der Waals surface area (Å²) >= 11 is 5.88. The van der Waals surface area contributed by atoms with Gasteiger partial charge in [-0.1, -0.05) is 22.0 Å². The lowest BCUT2D eigenvalue weighted by atomic mass is 9.91. The number of aryl methyl sites for hydroxylation is 1. The fraction of sp³-hybridized carbons (Fsp3) is 0.280. The van der Waals surface area contributed by atoms with Crippen LogP contribution in [0.3, 0.4) is 0 Å². The van der Waals surface area contributed by atoms with Crippen molar-refractivity contribution in [2.75, 3.05) is 0 Å². The molecule has 7 heteroatoms. The predicted molar refractivity (Wildman–Crippen MR) is 142 cm³/mol. The Bertz CT molecular complexity index is 1340. The fourth-order valence-electron chi connectivity index (χ4n) is 4.62. The number of hydrogen-bond acceptors (Lipinski definition) is 3. The number of nitrogens with two attached hydrogens (primary N) is 1. The van der Waals surface area contributed by atoms with Crippen LogP contribution in [0.15, 0.2) is 53.1 Å². The van der Waals surface area contributed by atoms with E-state index in [1.165, 1.54) is 0 Å². The number of carbonyl (C=O) groups is 1. The maximum Gasteiger partial charge on any atom is 0.252 e. The Morgan fingerprint density at radius 3 is 2.69 bits per heavy atom. The van der Waals surface area contributed by atoms with E-state index in [1.54, 1.807) is 0 Å². The summed E-state index contributed by atoms with van der Waals surface area (Å²) < 4.78 is 4.21. The number of hydrogen-bond donors (Lipinski definition) is 2. The molecule has 164 valence electrons. The molecule has 0 saturated heterocycles. The van der Waals surface area contributed by atoms with Gasteiger partial charge in [-0.15, -0.1) is 0 Å². The Morgan fingerprint density at radius 2 is 1.91 bits per heavy atom. The molecule has 0 aliphatic heterocycles. The lowest BCUT2D eigenvalue weighted by Crippen LogP contribution is -2.40. The van der Waals surface area contributed by atoms with E-state index in [0.717, 1.165) is 66.8 Å². The third kappa shape index (κ3) is 4.18. The normalized spacial score (nSPS) is 18.9. The Morgan fingerprint density at radius 1 is 1.12 bits per heavy atom. The molecule has 1 aliphatic rings. The molecule has 5 nitrogen and oxygen atoms in total. The minimum absolute atomic E-state index is 0.0400. The van der Waals surface area contributed by atoms with Gasteiger partial charge in [0.15, 0.2) is 0 Å². The molecule has 3 N–H and O–H groups in total. The number of aromatic nitrogens is 2. The predicted octanol–water partition coefficient (Wildman–Crippen LogP) is 5.76. The second-order valence-electron chi connectivity index (χ2n) is 8.62. The molecule has 1 saturated carbocycles. The van der Waals surface area contributed by atoms with Crippen LogP contribution in [0.4, 0.5) is 0 Å². The van der Waals surface area contributed by atoms with E-state index >= 15 is 0 Å². The molecule has 2 aromatic heterocycles. The maximum atomic E-state index is 13.4. The standard InChI is InChI=1S/C25H24BrIN4O/c1-31-13-21(19-10-14(26)2-9-24(19)31)23-12-20(18-8-3-15(27)11-22(18)30-23)25(32)29-17-6-4-16(28)5-7-17/h2-3,8-13,16-17H,4-7,28H2,1H3,(H,29,32). The van der Waals surface area contributed by atoms with Crippen LogP contribution in [0.5, 0.6) is 0 Å². The average molecular weight is 603 g/mol. The van der Waals surface area contributed by atoms with Gasteiger partial charge in [-0.05, 0) is 84.7 Å². The fourth-order valence-corrected chi connectivity index (χ4v) is 5.46. The van der Waals surface area contributed by atoms with Crippen LogP contribution in [0.2, 0.25) is 0 Å². The molecule has 4 aromatic rings. The highest BCUT2D eigenvalue weighted by molar-refractivity contribution is 14.1. The first-order chi connectivity index (χ1) is 15.4. The van der Waals surface area contributed by atoms with E-state index in [0.29, 0.717) is 5.56 Å². The number of halogens is 2. The number of nitrogens with one attached hydrogen (secondary N) is 1. The summed E-state index contributed by atoms with van der Waals surface area (Å²) in [6, 6.07) is 14.7. The number of fused-ring (bicyclic) bond motifs is 2. The first-order valence-corrected chi connectivity index (χ1v) is 12.7. The van der Waals surface area contributed by atoms with E-state index in [9.17, 15) is 4.79 Å². The lowest BCUT2D eigenvalue weighted by molar-refractivity contribution is 0.0927. The number of benzene rings is 2. The van der Waals surface area contributed by atoms with Crippen molar-refractivity contribution in [2.24, 2.45) is 12.8 Å². The minimum atomic E-state index is -0.0400. The third-order valence-corrected chi connectivity index (χ3v) is 7.52. The van der Waals surface area contributed by atoms with E-state index in [-0.39, 0.29) is 18.0 Å². The van der Waals surface area contributed by atoms with Crippen molar-refractivity contribution in [3.05, 3.63) is 62.3 Å². The largest absolute Gasteiger partial charge is 0.350 e. The summed E-state index contributed by atoms with van der Waals surface area (Å²) in [5.41, 5.74) is 10.5. The van der Waals surface area contributed by atoms with Gasteiger partial charge in [0.25, 0.3) is 5.91 Å². The molecule has 0 radical (unpaired) electrons. The summed E-state index contributed by atoms with van der Waals surface area (Å²) in [5, 5.41) is 5.24. The first-order valence-electron chi connectivity index (χ1n) is 10.8. The van der Waals surface area contributed by atoms with Crippen LogP contribution in [0, 0.1) is 3.57 Å². The molecular formula is C25H24BrIN4O. The SMILES string of the molecule is Cn1cc(-c2cc(C(=O)NC3CCC(N)CC3)c3ccc(I)cc3n2)c2cc(Br)ccc21. The highest BCUT2D eigenvalue weighted by Gasteiger charge is 2.23. The second-order valence-corrected chi connectivity index (χ2v) is 10.8. The van der Waals surface area contributed by atoms with Crippen molar-refractivity contribution >= 4 is 66.2 Å². The zero-order valence-electron chi connectivity index (χ0n) is 17.7. The van der Waals surface area contributed by atoms with Crippen molar-refractivity contribution in [2.45, 2.75) is 37.8 Å². The Kier molecular flexibility index (Phi) is 5.98. The molecule has 1 fully saturated rings. The van der Waals surface area contributed by atoms with Crippen molar-refractivity contribution in [1.29, 1.82) is 0 Å². The van der Waals surface area contributed by atoms with Gasteiger partial charge in [0, 0.05) is 55.2 Å². The Balaban J connectivity index is 1.62. The van der Waals surface area contributed by atoms with Gasteiger partial charge in [-0.25, -0.2) is 4.98 Å². The smallest absolute Gasteiger partial charge is 0.252 e. The minimum Gasteiger partial charge on any atom is -0.350 e. The Labute approximate surface area is 209 Å². The van der Waals surface area contributed by atoms with Gasteiger partial charge in [0.1, 0.15) is 0 Å².